The molecule has 0 aliphatic rings. The zero-order valence-corrected chi connectivity index (χ0v) is 6.95. The second-order valence-corrected chi connectivity index (χ2v) is 2.57. The number of nitrogens with zero attached hydrogens (tertiary/aromatic N) is 1. The van der Waals surface area contributed by atoms with Gasteiger partial charge in [0.15, 0.2) is 0 Å². The van der Waals surface area contributed by atoms with Crippen LogP contribution in [0.2, 0.25) is 0 Å². The summed E-state index contributed by atoms with van der Waals surface area (Å²) in [6.07, 6.45) is 0. The standard InChI is InChI=1S/C9H6ClNO/c10-11-9-6-5-7-3-1-2-4-8(7)12-9/h1-6H. The number of hydrogen-bond donors (Lipinski definition) is 0. The lowest BCUT2D eigenvalue weighted by molar-refractivity contribution is 0.548. The topological polar surface area (TPSA) is 25.5 Å². The number of halogens is 1. The van der Waals surface area contributed by atoms with E-state index in [1.54, 1.807) is 6.07 Å². The molecule has 3 heteroatoms. The molecule has 0 fully saturated rings. The Kier molecular flexibility index (Phi) is 1.84. The van der Waals surface area contributed by atoms with Gasteiger partial charge in [-0.2, -0.15) is 0 Å². The largest absolute Gasteiger partial charge is 0.437 e. The summed E-state index contributed by atoms with van der Waals surface area (Å²) in [5.41, 5.74) is 1.22. The molecule has 60 valence electrons. The van der Waals surface area contributed by atoms with Gasteiger partial charge in [0.2, 0.25) is 5.55 Å². The summed E-state index contributed by atoms with van der Waals surface area (Å²) < 4.78 is 8.74. The third-order valence-corrected chi connectivity index (χ3v) is 1.79. The molecule has 2 aromatic rings. The monoisotopic (exact) mass is 179 g/mol. The van der Waals surface area contributed by atoms with Crippen LogP contribution in [-0.2, 0) is 0 Å². The van der Waals surface area contributed by atoms with E-state index in [1.165, 1.54) is 0 Å². The van der Waals surface area contributed by atoms with Gasteiger partial charge in [0.25, 0.3) is 0 Å². The predicted molar refractivity (Wildman–Crippen MR) is 47.6 cm³/mol. The van der Waals surface area contributed by atoms with Crippen molar-refractivity contribution in [2.75, 3.05) is 0 Å². The number of benzene rings is 1. The van der Waals surface area contributed by atoms with Gasteiger partial charge in [0.05, 0.1) is 0 Å². The highest BCUT2D eigenvalue weighted by molar-refractivity contribution is 6.14. The van der Waals surface area contributed by atoms with E-state index in [9.17, 15) is 0 Å². The second-order valence-electron chi connectivity index (χ2n) is 2.40. The van der Waals surface area contributed by atoms with Crippen molar-refractivity contribution in [2.45, 2.75) is 0 Å². The normalized spacial score (nSPS) is 12.2. The fourth-order valence-corrected chi connectivity index (χ4v) is 1.16. The van der Waals surface area contributed by atoms with Crippen molar-refractivity contribution in [1.29, 1.82) is 0 Å². The summed E-state index contributed by atoms with van der Waals surface area (Å²) in [7, 11) is 0. The van der Waals surface area contributed by atoms with E-state index in [1.807, 2.05) is 30.3 Å². The van der Waals surface area contributed by atoms with Gasteiger partial charge >= 0.3 is 0 Å². The molecule has 12 heavy (non-hydrogen) atoms. The smallest absolute Gasteiger partial charge is 0.231 e. The van der Waals surface area contributed by atoms with E-state index in [4.69, 9.17) is 16.2 Å². The summed E-state index contributed by atoms with van der Waals surface area (Å²) in [5, 5.41) is 1.04. The Bertz CT molecular complexity index is 461. The van der Waals surface area contributed by atoms with E-state index < -0.39 is 0 Å². The average molecular weight is 180 g/mol. The minimum Gasteiger partial charge on any atom is -0.437 e. The van der Waals surface area contributed by atoms with Gasteiger partial charge in [-0.15, -0.1) is 4.51 Å². The molecule has 0 aliphatic heterocycles. The molecule has 0 amide bonds. The molecule has 2 rings (SSSR count). The molecule has 0 aliphatic carbocycles. The van der Waals surface area contributed by atoms with E-state index in [-0.39, 0.29) is 0 Å². The first-order valence-corrected chi connectivity index (χ1v) is 3.88. The lowest BCUT2D eigenvalue weighted by Crippen LogP contribution is -1.95. The Morgan fingerprint density at radius 1 is 1.08 bits per heavy atom. The Hall–Kier alpha value is -1.28. The molecule has 0 spiro atoms. The highest BCUT2D eigenvalue weighted by Crippen LogP contribution is 2.09. The van der Waals surface area contributed by atoms with Crippen LogP contribution in [0.25, 0.3) is 11.0 Å². The van der Waals surface area contributed by atoms with Crippen LogP contribution in [0.1, 0.15) is 0 Å². The van der Waals surface area contributed by atoms with E-state index in [2.05, 4.69) is 4.51 Å². The van der Waals surface area contributed by atoms with Gasteiger partial charge in [0.1, 0.15) is 5.58 Å². The van der Waals surface area contributed by atoms with Crippen LogP contribution in [0.4, 0.5) is 0 Å². The van der Waals surface area contributed by atoms with Crippen LogP contribution >= 0.6 is 11.8 Å². The fourth-order valence-electron chi connectivity index (χ4n) is 1.06. The van der Waals surface area contributed by atoms with E-state index >= 15 is 0 Å². The van der Waals surface area contributed by atoms with Gasteiger partial charge in [-0.25, -0.2) is 0 Å². The predicted octanol–water partition coefficient (Wildman–Crippen LogP) is 2.49. The SMILES string of the molecule is ClN=c1ccc2ccccc2o1. The maximum Gasteiger partial charge on any atom is 0.231 e. The van der Waals surface area contributed by atoms with Crippen LogP contribution in [0.3, 0.4) is 0 Å². The Labute approximate surface area is 74.2 Å². The summed E-state index contributed by atoms with van der Waals surface area (Å²) in [6, 6.07) is 11.4. The van der Waals surface area contributed by atoms with Crippen LogP contribution in [0, 0.1) is 0 Å². The molecule has 0 N–H and O–H groups in total. The van der Waals surface area contributed by atoms with Crippen molar-refractivity contribution < 1.29 is 4.42 Å². The lowest BCUT2D eigenvalue weighted by atomic mass is 10.2. The van der Waals surface area contributed by atoms with Gasteiger partial charge in [0, 0.05) is 23.2 Å². The van der Waals surface area contributed by atoms with Crippen LogP contribution in [-0.4, -0.2) is 0 Å². The number of hydrogen-bond acceptors (Lipinski definition) is 2. The third-order valence-electron chi connectivity index (χ3n) is 1.62. The van der Waals surface area contributed by atoms with Crippen molar-refractivity contribution in [3.8, 4) is 0 Å². The minimum atomic E-state index is 0.426. The van der Waals surface area contributed by atoms with Gasteiger partial charge in [-0.1, -0.05) is 18.2 Å². The lowest BCUT2D eigenvalue weighted by Gasteiger charge is -1.93. The van der Waals surface area contributed by atoms with Crippen LogP contribution in [0.15, 0.2) is 45.3 Å². The zero-order chi connectivity index (χ0) is 8.39. The van der Waals surface area contributed by atoms with Crippen LogP contribution in [0.5, 0.6) is 0 Å². The van der Waals surface area contributed by atoms with Crippen LogP contribution < -0.4 is 5.55 Å². The number of rotatable bonds is 0. The Morgan fingerprint density at radius 3 is 2.75 bits per heavy atom. The second kappa shape index (κ2) is 2.99. The first-order valence-electron chi connectivity index (χ1n) is 3.54. The Morgan fingerprint density at radius 2 is 1.92 bits per heavy atom. The molecular formula is C9H6ClNO. The molecular weight excluding hydrogens is 174 g/mol. The average Bonchev–Trinajstić information content (AvgIpc) is 2.17. The highest BCUT2D eigenvalue weighted by Gasteiger charge is 1.91. The quantitative estimate of drug-likeness (QED) is 0.610. The van der Waals surface area contributed by atoms with Crippen molar-refractivity contribution in [3.05, 3.63) is 42.0 Å². The third kappa shape index (κ3) is 1.21. The molecule has 0 radical (unpaired) electrons. The van der Waals surface area contributed by atoms with Gasteiger partial charge in [-0.05, 0) is 12.1 Å². The van der Waals surface area contributed by atoms with E-state index in [0.29, 0.717) is 5.55 Å². The first-order chi connectivity index (χ1) is 5.90. The number of para-hydroxylation sites is 1. The molecule has 2 nitrogen and oxygen atoms in total. The molecule has 1 heterocycles. The fraction of sp³-hybridized carbons (Fsp3) is 0. The molecule has 0 atom stereocenters. The summed E-state index contributed by atoms with van der Waals surface area (Å²) in [6.45, 7) is 0. The van der Waals surface area contributed by atoms with Crippen molar-refractivity contribution in [2.24, 2.45) is 4.51 Å². The van der Waals surface area contributed by atoms with Gasteiger partial charge < -0.3 is 4.42 Å². The Balaban J connectivity index is 2.85. The van der Waals surface area contributed by atoms with Crippen molar-refractivity contribution in [3.63, 3.8) is 0 Å². The summed E-state index contributed by atoms with van der Waals surface area (Å²) in [5.74, 6) is 0. The number of fused-ring (bicyclic) bond motifs is 1. The van der Waals surface area contributed by atoms with Crippen molar-refractivity contribution in [1.82, 2.24) is 0 Å². The molecule has 0 saturated carbocycles. The maximum absolute atomic E-state index is 5.31. The first kappa shape index (κ1) is 7.37. The molecule has 0 bridgehead atoms. The molecule has 0 saturated heterocycles. The summed E-state index contributed by atoms with van der Waals surface area (Å²) >= 11 is 5.26. The molecule has 0 unspecified atom stereocenters. The summed E-state index contributed by atoms with van der Waals surface area (Å²) in [4.78, 5) is 0. The molecule has 1 aromatic heterocycles. The molecule has 1 aromatic carbocycles. The highest BCUT2D eigenvalue weighted by atomic mass is 35.5. The maximum atomic E-state index is 5.31. The van der Waals surface area contributed by atoms with Gasteiger partial charge in [-0.3, -0.25) is 0 Å². The van der Waals surface area contributed by atoms with Crippen molar-refractivity contribution >= 4 is 22.7 Å². The minimum absolute atomic E-state index is 0.426. The van der Waals surface area contributed by atoms with E-state index in [0.717, 1.165) is 11.0 Å². The zero-order valence-electron chi connectivity index (χ0n) is 6.20.